The van der Waals surface area contributed by atoms with Crippen molar-refractivity contribution in [2.75, 3.05) is 6.61 Å². The van der Waals surface area contributed by atoms with Crippen LogP contribution >= 0.6 is 11.6 Å². The molecule has 2 aliphatic rings. The van der Waals surface area contributed by atoms with Crippen LogP contribution in [-0.2, 0) is 10.9 Å². The van der Waals surface area contributed by atoms with Crippen LogP contribution in [0, 0.1) is 0 Å². The Labute approximate surface area is 142 Å². The van der Waals surface area contributed by atoms with Crippen LogP contribution in [0.1, 0.15) is 49.5 Å². The minimum Gasteiger partial charge on any atom is -0.356 e. The molecule has 1 atom stereocenters. The Balaban J connectivity index is 1.93. The summed E-state index contributed by atoms with van der Waals surface area (Å²) in [7, 11) is 0. The number of halogens is 4. The van der Waals surface area contributed by atoms with Crippen molar-refractivity contribution in [1.82, 2.24) is 9.78 Å². The third-order valence-corrected chi connectivity index (χ3v) is 5.09. The summed E-state index contributed by atoms with van der Waals surface area (Å²) >= 11 is 6.38. The molecule has 2 heterocycles. The van der Waals surface area contributed by atoms with Gasteiger partial charge in [0, 0.05) is 17.6 Å². The van der Waals surface area contributed by atoms with Gasteiger partial charge in [0.05, 0.1) is 22.3 Å². The Morgan fingerprint density at radius 3 is 2.67 bits per heavy atom. The van der Waals surface area contributed by atoms with E-state index in [2.05, 4.69) is 5.10 Å². The van der Waals surface area contributed by atoms with Gasteiger partial charge in [0.1, 0.15) is 0 Å². The molecule has 1 aliphatic carbocycles. The van der Waals surface area contributed by atoms with Crippen LogP contribution in [0.3, 0.4) is 0 Å². The third kappa shape index (κ3) is 2.52. The van der Waals surface area contributed by atoms with Crippen molar-refractivity contribution in [3.63, 3.8) is 0 Å². The summed E-state index contributed by atoms with van der Waals surface area (Å²) in [6, 6.07) is 1.17. The van der Waals surface area contributed by atoms with Gasteiger partial charge in [0.15, 0.2) is 6.23 Å². The van der Waals surface area contributed by atoms with Crippen LogP contribution in [0.5, 0.6) is 0 Å². The van der Waals surface area contributed by atoms with Gasteiger partial charge < -0.3 is 4.74 Å². The molecular weight excluding hydrogens is 341 g/mol. The third-order valence-electron chi connectivity index (χ3n) is 4.70. The first kappa shape index (κ1) is 16.0. The van der Waals surface area contributed by atoms with Gasteiger partial charge >= 0.3 is 6.18 Å². The Hall–Kier alpha value is -1.53. The molecule has 1 aromatic heterocycles. The molecule has 7 heteroatoms. The SMILES string of the molecule is FC(F)(F)c1cc2c(cnn2C2CCCCO2)c(Cl)c1C1=CCC1. The number of ether oxygens (including phenoxy) is 1. The Morgan fingerprint density at radius 2 is 2.08 bits per heavy atom. The van der Waals surface area contributed by atoms with Gasteiger partial charge in [-0.2, -0.15) is 18.3 Å². The van der Waals surface area contributed by atoms with E-state index in [1.807, 2.05) is 0 Å². The zero-order chi connectivity index (χ0) is 16.9. The van der Waals surface area contributed by atoms with Gasteiger partial charge in [-0.15, -0.1) is 0 Å². The normalized spacial score (nSPS) is 21.7. The monoisotopic (exact) mass is 356 g/mol. The number of fused-ring (bicyclic) bond motifs is 1. The number of hydrogen-bond acceptors (Lipinski definition) is 2. The lowest BCUT2D eigenvalue weighted by molar-refractivity contribution is -0.137. The molecule has 0 spiro atoms. The zero-order valence-electron chi connectivity index (χ0n) is 12.9. The number of allylic oxidation sites excluding steroid dienone is 2. The maximum absolute atomic E-state index is 13.6. The molecule has 0 N–H and O–H groups in total. The van der Waals surface area contributed by atoms with E-state index in [0.29, 0.717) is 29.5 Å². The number of nitrogens with zero attached hydrogens (tertiary/aromatic N) is 2. The molecule has 1 fully saturated rings. The summed E-state index contributed by atoms with van der Waals surface area (Å²) < 4.78 is 48.0. The second-order valence-corrected chi connectivity index (χ2v) is 6.60. The number of aromatic nitrogens is 2. The molecular formula is C17H16ClF3N2O. The van der Waals surface area contributed by atoms with Gasteiger partial charge in [-0.3, -0.25) is 0 Å². The minimum atomic E-state index is -4.47. The Kier molecular flexibility index (Phi) is 3.84. The molecule has 0 saturated carbocycles. The topological polar surface area (TPSA) is 27.1 Å². The molecule has 0 amide bonds. The lowest BCUT2D eigenvalue weighted by atomic mass is 9.87. The highest BCUT2D eigenvalue weighted by atomic mass is 35.5. The molecule has 4 rings (SSSR count). The predicted octanol–water partition coefficient (Wildman–Crippen LogP) is 5.58. The molecule has 24 heavy (non-hydrogen) atoms. The average molecular weight is 357 g/mol. The van der Waals surface area contributed by atoms with E-state index >= 15 is 0 Å². The van der Waals surface area contributed by atoms with Gasteiger partial charge in [0.25, 0.3) is 0 Å². The molecule has 1 saturated heterocycles. The highest BCUT2D eigenvalue weighted by molar-refractivity contribution is 6.37. The quantitative estimate of drug-likeness (QED) is 0.701. The summed E-state index contributed by atoms with van der Waals surface area (Å²) in [5.41, 5.74) is 0.453. The molecule has 0 radical (unpaired) electrons. The van der Waals surface area contributed by atoms with Crippen LogP contribution < -0.4 is 0 Å². The molecule has 2 aromatic rings. The molecule has 3 nitrogen and oxygen atoms in total. The molecule has 1 aliphatic heterocycles. The number of benzene rings is 1. The van der Waals surface area contributed by atoms with Crippen molar-refractivity contribution in [2.45, 2.75) is 44.5 Å². The van der Waals surface area contributed by atoms with Crippen molar-refractivity contribution in [1.29, 1.82) is 0 Å². The number of alkyl halides is 3. The van der Waals surface area contributed by atoms with E-state index in [-0.39, 0.29) is 16.8 Å². The first-order valence-electron chi connectivity index (χ1n) is 8.05. The standard InChI is InChI=1S/C17H16ClF3N2O/c18-16-11-9-22-23(14-6-1-2-7-24-14)13(11)8-12(17(19,20)21)15(16)10-4-3-5-10/h4,8-9,14H,1-3,5-7H2. The van der Waals surface area contributed by atoms with E-state index in [1.54, 1.807) is 12.3 Å². The average Bonchev–Trinajstić information content (AvgIpc) is 2.92. The highest BCUT2D eigenvalue weighted by Crippen LogP contribution is 2.46. The number of rotatable bonds is 2. The molecule has 128 valence electrons. The van der Waals surface area contributed by atoms with E-state index in [9.17, 15) is 13.2 Å². The van der Waals surface area contributed by atoms with E-state index in [1.165, 1.54) is 10.7 Å². The number of hydrogen-bond donors (Lipinski definition) is 0. The second kappa shape index (κ2) is 5.77. The van der Waals surface area contributed by atoms with Crippen LogP contribution in [0.25, 0.3) is 16.5 Å². The molecule has 1 aromatic carbocycles. The highest BCUT2D eigenvalue weighted by Gasteiger charge is 2.37. The van der Waals surface area contributed by atoms with E-state index < -0.39 is 11.7 Å². The van der Waals surface area contributed by atoms with Crippen molar-refractivity contribution < 1.29 is 17.9 Å². The Morgan fingerprint density at radius 1 is 1.29 bits per heavy atom. The summed E-state index contributed by atoms with van der Waals surface area (Å²) in [6.07, 6.45) is 2.62. The van der Waals surface area contributed by atoms with Crippen LogP contribution in [0.2, 0.25) is 5.02 Å². The first-order valence-corrected chi connectivity index (χ1v) is 8.42. The van der Waals surface area contributed by atoms with E-state index in [0.717, 1.165) is 25.7 Å². The van der Waals surface area contributed by atoms with Gasteiger partial charge in [-0.1, -0.05) is 17.7 Å². The summed E-state index contributed by atoms with van der Waals surface area (Å²) in [5.74, 6) is 0. The first-order chi connectivity index (χ1) is 11.5. The largest absolute Gasteiger partial charge is 0.417 e. The zero-order valence-corrected chi connectivity index (χ0v) is 13.6. The summed E-state index contributed by atoms with van der Waals surface area (Å²) in [4.78, 5) is 0. The fourth-order valence-corrected chi connectivity index (χ4v) is 3.71. The fraction of sp³-hybridized carbons (Fsp3) is 0.471. The van der Waals surface area contributed by atoms with Crippen molar-refractivity contribution in [2.24, 2.45) is 0 Å². The second-order valence-electron chi connectivity index (χ2n) is 6.22. The predicted molar refractivity (Wildman–Crippen MR) is 85.8 cm³/mol. The smallest absolute Gasteiger partial charge is 0.356 e. The van der Waals surface area contributed by atoms with Crippen molar-refractivity contribution >= 4 is 28.1 Å². The van der Waals surface area contributed by atoms with Gasteiger partial charge in [0.2, 0.25) is 0 Å². The maximum Gasteiger partial charge on any atom is 0.417 e. The maximum atomic E-state index is 13.6. The Bertz CT molecular complexity index is 819. The van der Waals surface area contributed by atoms with Gasteiger partial charge in [-0.25, -0.2) is 4.68 Å². The van der Waals surface area contributed by atoms with Crippen LogP contribution in [-0.4, -0.2) is 16.4 Å². The lowest BCUT2D eigenvalue weighted by Gasteiger charge is -2.25. The van der Waals surface area contributed by atoms with Crippen LogP contribution in [0.15, 0.2) is 18.3 Å². The summed E-state index contributed by atoms with van der Waals surface area (Å²) in [5, 5.41) is 4.94. The lowest BCUT2D eigenvalue weighted by Crippen LogP contribution is -2.19. The molecule has 0 bridgehead atoms. The minimum absolute atomic E-state index is 0.104. The van der Waals surface area contributed by atoms with Crippen LogP contribution in [0.4, 0.5) is 13.2 Å². The molecule has 1 unspecified atom stereocenters. The van der Waals surface area contributed by atoms with Crippen molar-refractivity contribution in [3.05, 3.63) is 34.5 Å². The van der Waals surface area contributed by atoms with Gasteiger partial charge in [-0.05, 0) is 43.7 Å². The summed E-state index contributed by atoms with van der Waals surface area (Å²) in [6.45, 7) is 0.594. The fourth-order valence-electron chi connectivity index (χ4n) is 3.35. The van der Waals surface area contributed by atoms with E-state index in [4.69, 9.17) is 16.3 Å². The van der Waals surface area contributed by atoms with Crippen molar-refractivity contribution in [3.8, 4) is 0 Å².